The smallest absolute Gasteiger partial charge is 0.271 e. The average Bonchev–Trinajstić information content (AvgIpc) is 3.04. The number of nitrogens with one attached hydrogen (secondary N) is 1. The van der Waals surface area contributed by atoms with Gasteiger partial charge in [-0.1, -0.05) is 41.9 Å². The maximum Gasteiger partial charge on any atom is 0.271 e. The van der Waals surface area contributed by atoms with E-state index in [0.717, 1.165) is 35.4 Å². The summed E-state index contributed by atoms with van der Waals surface area (Å²) in [4.78, 5) is 20.2. The van der Waals surface area contributed by atoms with Crippen molar-refractivity contribution in [3.63, 3.8) is 0 Å². The zero-order valence-corrected chi connectivity index (χ0v) is 15.3. The number of H-pyrrole nitrogens is 1. The van der Waals surface area contributed by atoms with E-state index in [1.54, 1.807) is 7.11 Å². The number of methoxy groups -OCH3 is 1. The highest BCUT2D eigenvalue weighted by atomic mass is 35.5. The number of carbonyl (C=O) groups excluding carboxylic acids is 1. The SMILES string of the molecule is COc1ccccc1N1CCN(C(=O)c2[nH]c3ccccc3c2Cl)CC1. The summed E-state index contributed by atoms with van der Waals surface area (Å²) in [6.07, 6.45) is 0. The van der Waals surface area contributed by atoms with Crippen LogP contribution in [0, 0.1) is 0 Å². The van der Waals surface area contributed by atoms with E-state index in [0.29, 0.717) is 23.8 Å². The number of para-hydroxylation sites is 3. The Labute approximate surface area is 157 Å². The molecule has 1 fully saturated rings. The van der Waals surface area contributed by atoms with Gasteiger partial charge in [0.1, 0.15) is 11.4 Å². The van der Waals surface area contributed by atoms with Gasteiger partial charge in [0, 0.05) is 37.1 Å². The third kappa shape index (κ3) is 2.88. The Morgan fingerprint density at radius 1 is 1.04 bits per heavy atom. The Bertz CT molecular complexity index is 945. The molecule has 1 aromatic heterocycles. The van der Waals surface area contributed by atoms with Crippen LogP contribution in [0.25, 0.3) is 10.9 Å². The number of nitrogens with zero attached hydrogens (tertiary/aromatic N) is 2. The van der Waals surface area contributed by atoms with Gasteiger partial charge in [0.05, 0.1) is 17.8 Å². The van der Waals surface area contributed by atoms with Crippen LogP contribution in [0.15, 0.2) is 48.5 Å². The lowest BCUT2D eigenvalue weighted by atomic mass is 10.2. The fraction of sp³-hybridized carbons (Fsp3) is 0.250. The van der Waals surface area contributed by atoms with Crippen molar-refractivity contribution in [2.24, 2.45) is 0 Å². The second-order valence-corrected chi connectivity index (χ2v) is 6.69. The van der Waals surface area contributed by atoms with Gasteiger partial charge >= 0.3 is 0 Å². The molecule has 0 aliphatic carbocycles. The highest BCUT2D eigenvalue weighted by Crippen LogP contribution is 2.30. The summed E-state index contributed by atoms with van der Waals surface area (Å²) in [5, 5.41) is 1.38. The fourth-order valence-electron chi connectivity index (χ4n) is 3.45. The molecule has 6 heteroatoms. The summed E-state index contributed by atoms with van der Waals surface area (Å²) in [5.41, 5.74) is 2.41. The number of rotatable bonds is 3. The minimum Gasteiger partial charge on any atom is -0.495 e. The average molecular weight is 370 g/mol. The van der Waals surface area contributed by atoms with Crippen LogP contribution in [-0.4, -0.2) is 49.1 Å². The molecule has 4 rings (SSSR count). The third-order valence-electron chi connectivity index (χ3n) is 4.85. The van der Waals surface area contributed by atoms with Crippen LogP contribution in [-0.2, 0) is 0 Å². The summed E-state index contributed by atoms with van der Waals surface area (Å²) in [6.45, 7) is 2.79. The Morgan fingerprint density at radius 3 is 2.46 bits per heavy atom. The molecule has 1 saturated heterocycles. The van der Waals surface area contributed by atoms with Crippen LogP contribution in [0.1, 0.15) is 10.5 Å². The molecule has 0 spiro atoms. The molecule has 2 heterocycles. The molecular weight excluding hydrogens is 350 g/mol. The number of hydrogen-bond donors (Lipinski definition) is 1. The molecule has 0 bridgehead atoms. The van der Waals surface area contributed by atoms with Gasteiger partial charge in [-0.2, -0.15) is 0 Å². The van der Waals surface area contributed by atoms with E-state index >= 15 is 0 Å². The van der Waals surface area contributed by atoms with Crippen molar-refractivity contribution in [3.8, 4) is 5.75 Å². The number of amides is 1. The van der Waals surface area contributed by atoms with E-state index in [4.69, 9.17) is 16.3 Å². The Balaban J connectivity index is 1.50. The topological polar surface area (TPSA) is 48.6 Å². The molecular formula is C20H20ClN3O2. The van der Waals surface area contributed by atoms with Gasteiger partial charge in [-0.15, -0.1) is 0 Å². The molecule has 1 aliphatic heterocycles. The number of aromatic amines is 1. The number of fused-ring (bicyclic) bond motifs is 1. The molecule has 1 amide bonds. The first-order chi connectivity index (χ1) is 12.7. The van der Waals surface area contributed by atoms with Gasteiger partial charge in [-0.05, 0) is 18.2 Å². The second-order valence-electron chi connectivity index (χ2n) is 6.31. The minimum atomic E-state index is -0.0501. The van der Waals surface area contributed by atoms with Crippen LogP contribution in [0.2, 0.25) is 5.02 Å². The predicted octanol–water partition coefficient (Wildman–Crippen LogP) is 3.79. The molecule has 3 aromatic rings. The fourth-order valence-corrected chi connectivity index (χ4v) is 3.75. The number of benzene rings is 2. The lowest BCUT2D eigenvalue weighted by molar-refractivity contribution is 0.0742. The van der Waals surface area contributed by atoms with Crippen molar-refractivity contribution < 1.29 is 9.53 Å². The molecule has 26 heavy (non-hydrogen) atoms. The number of ether oxygens (including phenoxy) is 1. The van der Waals surface area contributed by atoms with Crippen molar-refractivity contribution in [2.45, 2.75) is 0 Å². The van der Waals surface area contributed by atoms with E-state index in [1.165, 1.54) is 0 Å². The lowest BCUT2D eigenvalue weighted by Crippen LogP contribution is -2.49. The van der Waals surface area contributed by atoms with Crippen LogP contribution in [0.3, 0.4) is 0 Å². The van der Waals surface area contributed by atoms with Gasteiger partial charge < -0.3 is 19.5 Å². The first-order valence-corrected chi connectivity index (χ1v) is 9.00. The maximum absolute atomic E-state index is 12.9. The van der Waals surface area contributed by atoms with E-state index in [1.807, 2.05) is 53.4 Å². The van der Waals surface area contributed by atoms with Crippen LogP contribution in [0.5, 0.6) is 5.75 Å². The van der Waals surface area contributed by atoms with Crippen molar-refractivity contribution in [3.05, 3.63) is 59.2 Å². The van der Waals surface area contributed by atoms with Crippen LogP contribution in [0.4, 0.5) is 5.69 Å². The zero-order valence-electron chi connectivity index (χ0n) is 14.5. The highest BCUT2D eigenvalue weighted by Gasteiger charge is 2.26. The number of piperazine rings is 1. The number of carbonyl (C=O) groups is 1. The number of anilines is 1. The quantitative estimate of drug-likeness (QED) is 0.764. The van der Waals surface area contributed by atoms with E-state index < -0.39 is 0 Å². The highest BCUT2D eigenvalue weighted by molar-refractivity contribution is 6.38. The standard InChI is InChI=1S/C20H20ClN3O2/c1-26-17-9-5-4-8-16(17)23-10-12-24(13-11-23)20(25)19-18(21)14-6-2-3-7-15(14)22-19/h2-9,22H,10-13H2,1H3. The molecule has 1 N–H and O–H groups in total. The van der Waals surface area contributed by atoms with Gasteiger partial charge in [-0.3, -0.25) is 4.79 Å². The van der Waals surface area contributed by atoms with Gasteiger partial charge in [0.2, 0.25) is 0 Å². The summed E-state index contributed by atoms with van der Waals surface area (Å²) >= 11 is 6.43. The maximum atomic E-state index is 12.9. The molecule has 0 atom stereocenters. The second kappa shape index (κ2) is 6.92. The Hall–Kier alpha value is -2.66. The summed E-state index contributed by atoms with van der Waals surface area (Å²) in [6, 6.07) is 15.7. The molecule has 134 valence electrons. The molecule has 2 aromatic carbocycles. The minimum absolute atomic E-state index is 0.0501. The number of halogens is 1. The summed E-state index contributed by atoms with van der Waals surface area (Å²) in [5.74, 6) is 0.803. The van der Waals surface area contributed by atoms with Crippen molar-refractivity contribution in [1.29, 1.82) is 0 Å². The number of hydrogen-bond acceptors (Lipinski definition) is 3. The first-order valence-electron chi connectivity index (χ1n) is 8.62. The van der Waals surface area contributed by atoms with Crippen LogP contribution < -0.4 is 9.64 Å². The summed E-state index contributed by atoms with van der Waals surface area (Å²) < 4.78 is 5.45. The van der Waals surface area contributed by atoms with Gasteiger partial charge in [0.25, 0.3) is 5.91 Å². The number of aromatic nitrogens is 1. The molecule has 0 unspecified atom stereocenters. The normalized spacial score (nSPS) is 14.7. The zero-order chi connectivity index (χ0) is 18.1. The molecule has 0 radical (unpaired) electrons. The largest absolute Gasteiger partial charge is 0.495 e. The van der Waals surface area contributed by atoms with Gasteiger partial charge in [-0.25, -0.2) is 0 Å². The molecule has 1 aliphatic rings. The monoisotopic (exact) mass is 369 g/mol. The van der Waals surface area contributed by atoms with E-state index in [-0.39, 0.29) is 5.91 Å². The predicted molar refractivity (Wildman–Crippen MR) is 104 cm³/mol. The summed E-state index contributed by atoms with van der Waals surface area (Å²) in [7, 11) is 1.68. The van der Waals surface area contributed by atoms with Crippen LogP contribution >= 0.6 is 11.6 Å². The first kappa shape index (κ1) is 16.8. The Kier molecular flexibility index (Phi) is 4.47. The third-order valence-corrected chi connectivity index (χ3v) is 5.24. The lowest BCUT2D eigenvalue weighted by Gasteiger charge is -2.36. The van der Waals surface area contributed by atoms with Gasteiger partial charge in [0.15, 0.2) is 0 Å². The molecule has 0 saturated carbocycles. The van der Waals surface area contributed by atoms with Crippen molar-refractivity contribution in [2.75, 3.05) is 38.2 Å². The van der Waals surface area contributed by atoms with Crippen molar-refractivity contribution >= 4 is 34.1 Å². The Morgan fingerprint density at radius 2 is 1.73 bits per heavy atom. The van der Waals surface area contributed by atoms with E-state index in [2.05, 4.69) is 9.88 Å². The van der Waals surface area contributed by atoms with E-state index in [9.17, 15) is 4.79 Å². The van der Waals surface area contributed by atoms with Crippen molar-refractivity contribution in [1.82, 2.24) is 9.88 Å². The molecule has 5 nitrogen and oxygen atoms in total.